The summed E-state index contributed by atoms with van der Waals surface area (Å²) in [5.41, 5.74) is 0.782. The van der Waals surface area contributed by atoms with E-state index in [0.717, 1.165) is 25.3 Å². The third-order valence-corrected chi connectivity index (χ3v) is 3.96. The number of ether oxygens (including phenoxy) is 5. The van der Waals surface area contributed by atoms with E-state index in [1.54, 1.807) is 24.9 Å². The summed E-state index contributed by atoms with van der Waals surface area (Å²) in [4.78, 5) is 62.3. The lowest BCUT2D eigenvalue weighted by atomic mass is 10.4. The topological polar surface area (TPSA) is 187 Å². The molecule has 0 aromatic rings. The quantitative estimate of drug-likeness (QED) is 0.0852. The molecule has 2 heterocycles. The predicted molar refractivity (Wildman–Crippen MR) is 163 cm³/mol. The molecular formula is C30H46N2O12. The van der Waals surface area contributed by atoms with Gasteiger partial charge in [-0.3, -0.25) is 14.4 Å². The Morgan fingerprint density at radius 1 is 1.05 bits per heavy atom. The highest BCUT2D eigenvalue weighted by Crippen LogP contribution is 2.09. The van der Waals surface area contributed by atoms with Gasteiger partial charge in [0, 0.05) is 37.1 Å². The molecule has 0 aromatic carbocycles. The van der Waals surface area contributed by atoms with Crippen molar-refractivity contribution in [1.82, 2.24) is 10.2 Å². The van der Waals surface area contributed by atoms with Gasteiger partial charge in [-0.15, -0.1) is 0 Å². The van der Waals surface area contributed by atoms with E-state index in [1.165, 1.54) is 20.2 Å². The van der Waals surface area contributed by atoms with E-state index in [1.807, 2.05) is 0 Å². The normalized spacial score (nSPS) is 12.8. The number of esters is 4. The number of epoxide rings is 1. The van der Waals surface area contributed by atoms with Gasteiger partial charge < -0.3 is 39.0 Å². The lowest BCUT2D eigenvalue weighted by Crippen LogP contribution is -2.16. The first-order valence-electron chi connectivity index (χ1n) is 12.8. The molecule has 248 valence electrons. The Hall–Kier alpha value is -4.82. The number of aliphatic hydroxyl groups excluding tert-OH is 1. The molecule has 0 bridgehead atoms. The molecule has 0 aliphatic carbocycles. The van der Waals surface area contributed by atoms with Crippen molar-refractivity contribution < 1.29 is 57.6 Å². The van der Waals surface area contributed by atoms with Crippen molar-refractivity contribution >= 4 is 36.2 Å². The van der Waals surface area contributed by atoms with Crippen LogP contribution in [0.1, 0.15) is 33.6 Å². The zero-order valence-corrected chi connectivity index (χ0v) is 26.0. The number of carbonyl (C=O) groups excluding carboxylic acids is 6. The Labute approximate surface area is 259 Å². The van der Waals surface area contributed by atoms with Gasteiger partial charge in [0.15, 0.2) is 0 Å². The lowest BCUT2D eigenvalue weighted by Gasteiger charge is -2.05. The number of nitrogens with zero attached hydrogens (tertiary/aromatic N) is 1. The third kappa shape index (κ3) is 37.2. The fourth-order valence-electron chi connectivity index (χ4n) is 1.83. The molecule has 2 saturated heterocycles. The first-order chi connectivity index (χ1) is 20.7. The van der Waals surface area contributed by atoms with Crippen molar-refractivity contribution in [2.75, 3.05) is 40.1 Å². The van der Waals surface area contributed by atoms with Crippen molar-refractivity contribution in [3.8, 4) is 0 Å². The second kappa shape index (κ2) is 32.7. The summed E-state index contributed by atoms with van der Waals surface area (Å²) in [7, 11) is 1.31. The van der Waals surface area contributed by atoms with Crippen LogP contribution in [0, 0.1) is 0 Å². The molecule has 0 aromatic heterocycles. The van der Waals surface area contributed by atoms with Crippen LogP contribution in [0.4, 0.5) is 0 Å². The Balaban J connectivity index is -0.000000222. The molecule has 14 nitrogen and oxygen atoms in total. The molecule has 44 heavy (non-hydrogen) atoms. The lowest BCUT2D eigenvalue weighted by molar-refractivity contribution is -0.140. The number of hydrogen-bond donors (Lipinski definition) is 2. The van der Waals surface area contributed by atoms with Crippen LogP contribution in [0.2, 0.25) is 0 Å². The van der Waals surface area contributed by atoms with Crippen LogP contribution in [-0.2, 0) is 52.5 Å². The maximum absolute atomic E-state index is 10.7. The van der Waals surface area contributed by atoms with Gasteiger partial charge in [-0.25, -0.2) is 14.4 Å². The molecule has 2 aliphatic rings. The molecule has 1 atom stereocenters. The largest absolute Gasteiger partial charge is 0.466 e. The van der Waals surface area contributed by atoms with Gasteiger partial charge in [-0.05, 0) is 32.7 Å². The minimum absolute atomic E-state index is 0.0473. The number of methoxy groups -OCH3 is 1. The van der Waals surface area contributed by atoms with Crippen molar-refractivity contribution in [2.45, 2.75) is 39.7 Å². The number of likely N-dealkylation sites (tertiary alicyclic amines) is 1. The smallest absolute Gasteiger partial charge is 0.333 e. The molecule has 2 N–H and O–H groups in total. The first kappa shape index (κ1) is 46.1. The Kier molecular flexibility index (Phi) is 34.3. The van der Waals surface area contributed by atoms with E-state index in [4.69, 9.17) is 14.6 Å². The second-order valence-electron chi connectivity index (χ2n) is 7.84. The number of rotatable bonds is 11. The number of hydrogen-bond acceptors (Lipinski definition) is 12. The third-order valence-electron chi connectivity index (χ3n) is 3.96. The van der Waals surface area contributed by atoms with Crippen LogP contribution in [0.15, 0.2) is 75.4 Å². The Morgan fingerprint density at radius 3 is 1.80 bits per heavy atom. The number of aliphatic hydroxyl groups is 1. The molecule has 2 amide bonds. The zero-order chi connectivity index (χ0) is 34.9. The molecule has 2 rings (SSSR count). The average Bonchev–Trinajstić information content (AvgIpc) is 3.73. The summed E-state index contributed by atoms with van der Waals surface area (Å²) in [6, 6.07) is 0. The van der Waals surface area contributed by atoms with E-state index in [2.05, 4.69) is 59.0 Å². The minimum atomic E-state index is -0.455. The van der Waals surface area contributed by atoms with Crippen LogP contribution in [0.5, 0.6) is 0 Å². The molecule has 0 saturated carbocycles. The minimum Gasteiger partial charge on any atom is -0.466 e. The van der Waals surface area contributed by atoms with Crippen molar-refractivity contribution in [3.05, 3.63) is 75.4 Å². The highest BCUT2D eigenvalue weighted by molar-refractivity contribution is 5.87. The summed E-state index contributed by atoms with van der Waals surface area (Å²) in [5, 5.41) is 10.4. The second-order valence-corrected chi connectivity index (χ2v) is 7.84. The van der Waals surface area contributed by atoms with E-state index in [9.17, 15) is 28.8 Å². The Morgan fingerprint density at radius 2 is 1.59 bits per heavy atom. The van der Waals surface area contributed by atoms with Gasteiger partial charge in [0.25, 0.3) is 0 Å². The van der Waals surface area contributed by atoms with E-state index < -0.39 is 11.9 Å². The van der Waals surface area contributed by atoms with E-state index >= 15 is 0 Å². The summed E-state index contributed by atoms with van der Waals surface area (Å²) >= 11 is 0. The van der Waals surface area contributed by atoms with Gasteiger partial charge in [0.1, 0.15) is 19.3 Å². The summed E-state index contributed by atoms with van der Waals surface area (Å²) in [5.74, 6) is -1.31. The summed E-state index contributed by atoms with van der Waals surface area (Å²) in [6.45, 7) is 26.2. The molecule has 1 unspecified atom stereocenters. The van der Waals surface area contributed by atoms with Crippen LogP contribution in [0.25, 0.3) is 0 Å². The van der Waals surface area contributed by atoms with Crippen molar-refractivity contribution in [3.63, 3.8) is 0 Å². The van der Waals surface area contributed by atoms with Gasteiger partial charge in [0.05, 0.1) is 26.6 Å². The van der Waals surface area contributed by atoms with E-state index in [-0.39, 0.29) is 37.2 Å². The fraction of sp³-hybridized carbons (Fsp3) is 0.400. The van der Waals surface area contributed by atoms with Crippen molar-refractivity contribution in [1.29, 1.82) is 0 Å². The van der Waals surface area contributed by atoms with Crippen LogP contribution >= 0.6 is 0 Å². The summed E-state index contributed by atoms with van der Waals surface area (Å²) < 4.78 is 22.4. The molecule has 2 fully saturated rings. The molecule has 0 spiro atoms. The molecule has 0 radical (unpaired) electrons. The first-order valence-corrected chi connectivity index (χ1v) is 12.8. The van der Waals surface area contributed by atoms with Gasteiger partial charge in [-0.2, -0.15) is 0 Å². The number of nitrogens with one attached hydrogen (secondary N) is 1. The SMILES string of the molecule is C=C(C)C(=O)OCC1CO1.C=C(C)C(=O)OCCO.C=CC(=O)OC.C=CN1CCCC1=O.C=CNC=O.C=COC(C)=O. The monoisotopic (exact) mass is 626 g/mol. The number of amides is 2. The summed E-state index contributed by atoms with van der Waals surface area (Å²) in [6.07, 6.45) is 7.51. The maximum atomic E-state index is 10.7. The maximum Gasteiger partial charge on any atom is 0.333 e. The highest BCUT2D eigenvalue weighted by atomic mass is 16.6. The predicted octanol–water partition coefficient (Wildman–Crippen LogP) is 2.27. The molecular weight excluding hydrogens is 580 g/mol. The highest BCUT2D eigenvalue weighted by Gasteiger charge is 2.24. The van der Waals surface area contributed by atoms with Gasteiger partial charge >= 0.3 is 23.9 Å². The fourth-order valence-corrected chi connectivity index (χ4v) is 1.83. The van der Waals surface area contributed by atoms with Crippen molar-refractivity contribution in [2.24, 2.45) is 0 Å². The Bertz CT molecular complexity index is 950. The van der Waals surface area contributed by atoms with Gasteiger partial charge in [0.2, 0.25) is 12.3 Å². The van der Waals surface area contributed by atoms with Gasteiger partial charge in [-0.1, -0.05) is 39.5 Å². The zero-order valence-electron chi connectivity index (χ0n) is 26.0. The molecule has 14 heteroatoms. The van der Waals surface area contributed by atoms with E-state index in [0.29, 0.717) is 37.2 Å². The van der Waals surface area contributed by atoms with Crippen LogP contribution < -0.4 is 5.32 Å². The van der Waals surface area contributed by atoms with Crippen LogP contribution in [0.3, 0.4) is 0 Å². The van der Waals surface area contributed by atoms with Crippen LogP contribution in [-0.4, -0.2) is 92.4 Å². The number of carbonyl (C=O) groups is 6. The average molecular weight is 627 g/mol. The standard InChI is InChI=1S/C7H10O3.C6H9NO.C6H10O3.2C4H6O2.C3H5NO/c1-5(2)7(8)10-4-6-3-9-6;1-2-7-5-3-4-6(7)8;1-5(2)6(8)9-4-3-7;1-3-4(5)6-2;1-3-6-4(2)5;1-2-4-3-5/h6H,1,3-4H2,2H3;2H,1,3-5H2;7H,1,3-4H2,2H3;2*3H,1H2,2H3;2-3H,1H2,(H,4,5). The molecule has 2 aliphatic heterocycles.